The van der Waals surface area contributed by atoms with Crippen LogP contribution in [-0.2, 0) is 14.3 Å². The SMILES string of the molecule is O=C(NCC1COCCO1)C1CC(F)(F)CN1. The predicted octanol–water partition coefficient (Wildman–Crippen LogP) is -0.485. The molecular weight excluding hydrogens is 234 g/mol. The molecule has 0 aromatic heterocycles. The third kappa shape index (κ3) is 3.58. The molecule has 2 aliphatic heterocycles. The molecule has 0 aromatic carbocycles. The van der Waals surface area contributed by atoms with E-state index in [2.05, 4.69) is 10.6 Å². The van der Waals surface area contributed by atoms with E-state index >= 15 is 0 Å². The molecule has 2 aliphatic rings. The van der Waals surface area contributed by atoms with Crippen molar-refractivity contribution >= 4 is 5.91 Å². The lowest BCUT2D eigenvalue weighted by Gasteiger charge is -2.23. The van der Waals surface area contributed by atoms with E-state index in [9.17, 15) is 13.6 Å². The zero-order chi connectivity index (χ0) is 12.3. The van der Waals surface area contributed by atoms with E-state index in [-0.39, 0.29) is 6.10 Å². The van der Waals surface area contributed by atoms with Gasteiger partial charge in [-0.05, 0) is 0 Å². The molecule has 5 nitrogen and oxygen atoms in total. The predicted molar refractivity (Wildman–Crippen MR) is 54.9 cm³/mol. The van der Waals surface area contributed by atoms with Crippen LogP contribution in [0.25, 0.3) is 0 Å². The highest BCUT2D eigenvalue weighted by Crippen LogP contribution is 2.24. The number of halogens is 2. The Morgan fingerprint density at radius 3 is 2.88 bits per heavy atom. The second kappa shape index (κ2) is 5.24. The summed E-state index contributed by atoms with van der Waals surface area (Å²) < 4.78 is 36.2. The van der Waals surface area contributed by atoms with E-state index in [0.717, 1.165) is 0 Å². The standard InChI is InChI=1S/C10H16F2N2O3/c11-10(12)3-8(14-6-10)9(15)13-4-7-5-16-1-2-17-7/h7-8,14H,1-6H2,(H,13,15). The first kappa shape index (κ1) is 12.7. The van der Waals surface area contributed by atoms with Crippen molar-refractivity contribution in [1.29, 1.82) is 0 Å². The highest BCUT2D eigenvalue weighted by atomic mass is 19.3. The zero-order valence-electron chi connectivity index (χ0n) is 9.38. The summed E-state index contributed by atoms with van der Waals surface area (Å²) in [6.45, 7) is 1.34. The number of amides is 1. The number of rotatable bonds is 3. The molecule has 17 heavy (non-hydrogen) atoms. The van der Waals surface area contributed by atoms with Crippen LogP contribution in [0.4, 0.5) is 8.78 Å². The molecule has 2 rings (SSSR count). The van der Waals surface area contributed by atoms with Gasteiger partial charge in [-0.3, -0.25) is 10.1 Å². The summed E-state index contributed by atoms with van der Waals surface area (Å²) in [5, 5.41) is 5.09. The van der Waals surface area contributed by atoms with Gasteiger partial charge in [0.05, 0.1) is 38.5 Å². The Morgan fingerprint density at radius 2 is 2.29 bits per heavy atom. The van der Waals surface area contributed by atoms with E-state index < -0.39 is 30.8 Å². The lowest BCUT2D eigenvalue weighted by molar-refractivity contribution is -0.126. The van der Waals surface area contributed by atoms with Gasteiger partial charge in [-0.2, -0.15) is 0 Å². The van der Waals surface area contributed by atoms with Crippen LogP contribution in [0.2, 0.25) is 0 Å². The lowest BCUT2D eigenvalue weighted by Crippen LogP contribution is -2.45. The normalized spacial score (nSPS) is 32.4. The summed E-state index contributed by atoms with van der Waals surface area (Å²) >= 11 is 0. The van der Waals surface area contributed by atoms with Crippen molar-refractivity contribution in [3.05, 3.63) is 0 Å². The van der Waals surface area contributed by atoms with E-state index in [1.54, 1.807) is 0 Å². The molecule has 0 spiro atoms. The van der Waals surface area contributed by atoms with Crippen molar-refractivity contribution in [1.82, 2.24) is 10.6 Å². The van der Waals surface area contributed by atoms with E-state index in [0.29, 0.717) is 26.4 Å². The Balaban J connectivity index is 1.70. The Morgan fingerprint density at radius 1 is 1.47 bits per heavy atom. The lowest BCUT2D eigenvalue weighted by atomic mass is 10.2. The molecular formula is C10H16F2N2O3. The summed E-state index contributed by atoms with van der Waals surface area (Å²) in [7, 11) is 0. The molecule has 2 saturated heterocycles. The summed E-state index contributed by atoms with van der Waals surface area (Å²) in [6, 6.07) is -0.811. The second-order valence-corrected chi connectivity index (χ2v) is 4.31. The maximum atomic E-state index is 12.9. The van der Waals surface area contributed by atoms with Gasteiger partial charge < -0.3 is 14.8 Å². The molecule has 2 N–H and O–H groups in total. The molecule has 2 unspecified atom stereocenters. The Bertz CT molecular complexity index is 283. The van der Waals surface area contributed by atoms with E-state index in [4.69, 9.17) is 9.47 Å². The van der Waals surface area contributed by atoms with E-state index in [1.165, 1.54) is 0 Å². The highest BCUT2D eigenvalue weighted by molar-refractivity contribution is 5.82. The average Bonchev–Trinajstić information content (AvgIpc) is 2.68. The van der Waals surface area contributed by atoms with E-state index in [1.807, 2.05) is 0 Å². The van der Waals surface area contributed by atoms with Crippen molar-refractivity contribution in [2.24, 2.45) is 0 Å². The van der Waals surface area contributed by atoms with Crippen LogP contribution in [0.1, 0.15) is 6.42 Å². The van der Waals surface area contributed by atoms with Crippen LogP contribution >= 0.6 is 0 Å². The van der Waals surface area contributed by atoms with Gasteiger partial charge in [-0.1, -0.05) is 0 Å². The molecule has 7 heteroatoms. The van der Waals surface area contributed by atoms with Crippen LogP contribution in [0.3, 0.4) is 0 Å². The van der Waals surface area contributed by atoms with Gasteiger partial charge in [-0.15, -0.1) is 0 Å². The fourth-order valence-corrected chi connectivity index (χ4v) is 1.89. The van der Waals surface area contributed by atoms with Gasteiger partial charge in [-0.25, -0.2) is 8.78 Å². The number of alkyl halides is 2. The summed E-state index contributed by atoms with van der Waals surface area (Å²) in [4.78, 5) is 11.6. The Hall–Kier alpha value is -0.790. The number of ether oxygens (including phenoxy) is 2. The quantitative estimate of drug-likeness (QED) is 0.710. The third-order valence-corrected chi connectivity index (χ3v) is 2.82. The summed E-state index contributed by atoms with van der Waals surface area (Å²) in [6.07, 6.45) is -0.629. The number of nitrogens with one attached hydrogen (secondary N) is 2. The maximum absolute atomic E-state index is 12.9. The first-order valence-electron chi connectivity index (χ1n) is 5.65. The summed E-state index contributed by atoms with van der Waals surface area (Å²) in [5.41, 5.74) is 0. The molecule has 0 saturated carbocycles. The van der Waals surface area contributed by atoms with Crippen LogP contribution in [0, 0.1) is 0 Å². The van der Waals surface area contributed by atoms with Gasteiger partial charge in [0.2, 0.25) is 5.91 Å². The molecule has 2 atom stereocenters. The summed E-state index contributed by atoms with van der Waals surface area (Å²) in [5.74, 6) is -3.19. The molecule has 0 bridgehead atoms. The minimum absolute atomic E-state index is 0.186. The van der Waals surface area contributed by atoms with Crippen LogP contribution < -0.4 is 10.6 Å². The van der Waals surface area contributed by atoms with Crippen molar-refractivity contribution in [2.45, 2.75) is 24.5 Å². The van der Waals surface area contributed by atoms with Gasteiger partial charge >= 0.3 is 0 Å². The molecule has 0 aliphatic carbocycles. The third-order valence-electron chi connectivity index (χ3n) is 2.82. The minimum atomic E-state index is -2.79. The first-order chi connectivity index (χ1) is 8.07. The number of carbonyl (C=O) groups is 1. The van der Waals surface area contributed by atoms with Crippen molar-refractivity contribution in [2.75, 3.05) is 32.9 Å². The molecule has 0 aromatic rings. The number of hydrogen-bond donors (Lipinski definition) is 2. The molecule has 2 fully saturated rings. The Labute approximate surface area is 97.8 Å². The maximum Gasteiger partial charge on any atom is 0.262 e. The molecule has 2 heterocycles. The molecule has 98 valence electrons. The van der Waals surface area contributed by atoms with Gasteiger partial charge in [0.25, 0.3) is 5.92 Å². The fraction of sp³-hybridized carbons (Fsp3) is 0.900. The number of hydrogen-bond acceptors (Lipinski definition) is 4. The fourth-order valence-electron chi connectivity index (χ4n) is 1.89. The van der Waals surface area contributed by atoms with Gasteiger partial charge in [0, 0.05) is 13.0 Å². The molecule has 0 radical (unpaired) electrons. The largest absolute Gasteiger partial charge is 0.376 e. The minimum Gasteiger partial charge on any atom is -0.376 e. The first-order valence-corrected chi connectivity index (χ1v) is 5.65. The Kier molecular flexibility index (Phi) is 3.90. The average molecular weight is 250 g/mol. The smallest absolute Gasteiger partial charge is 0.262 e. The van der Waals surface area contributed by atoms with Crippen LogP contribution in [0.5, 0.6) is 0 Å². The van der Waals surface area contributed by atoms with Gasteiger partial charge in [0.1, 0.15) is 0 Å². The molecule has 1 amide bonds. The van der Waals surface area contributed by atoms with Crippen molar-refractivity contribution in [3.8, 4) is 0 Å². The van der Waals surface area contributed by atoms with Gasteiger partial charge in [0.15, 0.2) is 0 Å². The second-order valence-electron chi connectivity index (χ2n) is 4.31. The number of carbonyl (C=O) groups excluding carboxylic acids is 1. The monoisotopic (exact) mass is 250 g/mol. The van der Waals surface area contributed by atoms with Crippen molar-refractivity contribution in [3.63, 3.8) is 0 Å². The highest BCUT2D eigenvalue weighted by Gasteiger charge is 2.42. The van der Waals surface area contributed by atoms with Crippen LogP contribution in [-0.4, -0.2) is 56.9 Å². The topological polar surface area (TPSA) is 59.6 Å². The van der Waals surface area contributed by atoms with Crippen LogP contribution in [0.15, 0.2) is 0 Å². The van der Waals surface area contributed by atoms with Crippen molar-refractivity contribution < 1.29 is 23.0 Å². The zero-order valence-corrected chi connectivity index (χ0v) is 9.38.